The number of hydrogen-bond acceptors (Lipinski definition) is 3. The molecule has 0 aliphatic rings. The lowest BCUT2D eigenvalue weighted by molar-refractivity contribution is 0.624. The van der Waals surface area contributed by atoms with Gasteiger partial charge in [-0.3, -0.25) is 4.68 Å². The van der Waals surface area contributed by atoms with E-state index < -0.39 is 0 Å². The highest BCUT2D eigenvalue weighted by atomic mass is 19.1. The normalized spacial score (nSPS) is 12.4. The summed E-state index contributed by atoms with van der Waals surface area (Å²) in [7, 11) is 1.88. The highest BCUT2D eigenvalue weighted by Crippen LogP contribution is 2.30. The minimum atomic E-state index is -0.311. The highest BCUT2D eigenvalue weighted by Gasteiger charge is 2.18. The predicted octanol–water partition coefficient (Wildman–Crippen LogP) is 3.22. The van der Waals surface area contributed by atoms with E-state index in [1.54, 1.807) is 27.8 Å². The lowest BCUT2D eigenvalue weighted by Gasteiger charge is -2.17. The van der Waals surface area contributed by atoms with E-state index >= 15 is 0 Å². The third-order valence-corrected chi connectivity index (χ3v) is 4.24. The second-order valence-corrected chi connectivity index (χ2v) is 5.89. The Labute approximate surface area is 144 Å². The van der Waals surface area contributed by atoms with Crippen molar-refractivity contribution < 1.29 is 4.39 Å². The molecule has 0 aliphatic heterocycles. The number of benzene rings is 1. The van der Waals surface area contributed by atoms with Gasteiger partial charge in [-0.15, -0.1) is 0 Å². The van der Waals surface area contributed by atoms with Gasteiger partial charge in [0.2, 0.25) is 0 Å². The third-order valence-electron chi connectivity index (χ3n) is 4.24. The van der Waals surface area contributed by atoms with Gasteiger partial charge in [0.25, 0.3) is 0 Å². The molecule has 0 saturated carbocycles. The Morgan fingerprint density at radius 3 is 2.72 bits per heavy atom. The van der Waals surface area contributed by atoms with Crippen LogP contribution in [0.4, 0.5) is 4.39 Å². The molecule has 126 valence electrons. The number of imidazole rings is 1. The van der Waals surface area contributed by atoms with Crippen molar-refractivity contribution in [1.82, 2.24) is 29.1 Å². The van der Waals surface area contributed by atoms with Gasteiger partial charge in [-0.05, 0) is 31.2 Å². The monoisotopic (exact) mass is 336 g/mol. The Kier molecular flexibility index (Phi) is 3.68. The molecular weight excluding hydrogens is 319 g/mol. The molecule has 4 aromatic rings. The minimum absolute atomic E-state index is 0.0138. The van der Waals surface area contributed by atoms with Crippen molar-refractivity contribution in [1.29, 1.82) is 0 Å². The van der Waals surface area contributed by atoms with Crippen LogP contribution in [0.3, 0.4) is 0 Å². The maximum absolute atomic E-state index is 14.0. The van der Waals surface area contributed by atoms with Crippen molar-refractivity contribution in [2.24, 2.45) is 7.05 Å². The summed E-state index contributed by atoms with van der Waals surface area (Å²) in [6.45, 7) is 2.06. The summed E-state index contributed by atoms with van der Waals surface area (Å²) in [4.78, 5) is 4.48. The zero-order valence-corrected chi connectivity index (χ0v) is 13.9. The summed E-state index contributed by atoms with van der Waals surface area (Å²) < 4.78 is 19.4. The average Bonchev–Trinajstić information content (AvgIpc) is 3.35. The highest BCUT2D eigenvalue weighted by molar-refractivity contribution is 5.68. The number of rotatable bonds is 4. The van der Waals surface area contributed by atoms with Crippen molar-refractivity contribution >= 4 is 0 Å². The molecule has 0 aliphatic carbocycles. The zero-order chi connectivity index (χ0) is 17.4. The molecule has 4 rings (SSSR count). The Hall–Kier alpha value is -3.22. The van der Waals surface area contributed by atoms with Gasteiger partial charge in [-0.1, -0.05) is 0 Å². The molecule has 0 saturated heterocycles. The van der Waals surface area contributed by atoms with Crippen molar-refractivity contribution in [3.63, 3.8) is 0 Å². The van der Waals surface area contributed by atoms with Gasteiger partial charge in [0.15, 0.2) is 0 Å². The van der Waals surface area contributed by atoms with Crippen molar-refractivity contribution in [3.8, 4) is 17.1 Å². The molecule has 3 heterocycles. The summed E-state index contributed by atoms with van der Waals surface area (Å²) in [5.74, 6) is 0.371. The molecule has 7 heteroatoms. The van der Waals surface area contributed by atoms with E-state index in [0.29, 0.717) is 11.4 Å². The molecule has 1 aromatic carbocycles. The summed E-state index contributed by atoms with van der Waals surface area (Å²) in [6, 6.07) is 6.48. The quantitative estimate of drug-likeness (QED) is 0.575. The number of halogens is 1. The fourth-order valence-corrected chi connectivity index (χ4v) is 2.95. The first kappa shape index (κ1) is 15.3. The third kappa shape index (κ3) is 2.73. The van der Waals surface area contributed by atoms with Gasteiger partial charge in [0.1, 0.15) is 11.6 Å². The molecule has 0 amide bonds. The number of aryl methyl sites for hydroxylation is 1. The van der Waals surface area contributed by atoms with Gasteiger partial charge in [-0.25, -0.2) is 14.1 Å². The number of nitrogens with zero attached hydrogens (tertiary/aromatic N) is 6. The van der Waals surface area contributed by atoms with Crippen LogP contribution in [0, 0.1) is 5.82 Å². The first-order valence-corrected chi connectivity index (χ1v) is 7.95. The van der Waals surface area contributed by atoms with E-state index in [4.69, 9.17) is 0 Å². The SMILES string of the molecule is C[C@@H](c1cnn(C)c1)n1ccnc1-c1cc(F)ccc1-n1cccn1. The maximum atomic E-state index is 14.0. The van der Waals surface area contributed by atoms with Crippen LogP contribution in [0.1, 0.15) is 18.5 Å². The fourth-order valence-electron chi connectivity index (χ4n) is 2.95. The van der Waals surface area contributed by atoms with Gasteiger partial charge in [-0.2, -0.15) is 10.2 Å². The van der Waals surface area contributed by atoms with E-state index in [9.17, 15) is 4.39 Å². The van der Waals surface area contributed by atoms with Gasteiger partial charge in [0, 0.05) is 49.2 Å². The first-order valence-electron chi connectivity index (χ1n) is 7.95. The van der Waals surface area contributed by atoms with Crippen LogP contribution in [-0.2, 0) is 7.05 Å². The Bertz CT molecular complexity index is 998. The van der Waals surface area contributed by atoms with E-state index in [0.717, 1.165) is 11.3 Å². The largest absolute Gasteiger partial charge is 0.324 e. The predicted molar refractivity (Wildman–Crippen MR) is 91.8 cm³/mol. The summed E-state index contributed by atoms with van der Waals surface area (Å²) >= 11 is 0. The van der Waals surface area contributed by atoms with Crippen molar-refractivity contribution in [3.05, 3.63) is 72.8 Å². The standard InChI is InChI=1S/C18H17FN6/c1-13(14-11-22-23(2)12-14)24-9-7-20-18(24)16-10-15(19)4-5-17(16)25-8-3-6-21-25/h3-13H,1-2H3/t13-/m0/s1. The van der Waals surface area contributed by atoms with Crippen LogP contribution in [-0.4, -0.2) is 29.1 Å². The molecule has 0 unspecified atom stereocenters. The Morgan fingerprint density at radius 2 is 2.00 bits per heavy atom. The second-order valence-electron chi connectivity index (χ2n) is 5.89. The molecule has 0 radical (unpaired) electrons. The van der Waals surface area contributed by atoms with Crippen LogP contribution in [0.15, 0.2) is 61.4 Å². The van der Waals surface area contributed by atoms with E-state index in [1.165, 1.54) is 12.1 Å². The minimum Gasteiger partial charge on any atom is -0.324 e. The van der Waals surface area contributed by atoms with Crippen molar-refractivity contribution in [2.45, 2.75) is 13.0 Å². The summed E-state index contributed by atoms with van der Waals surface area (Å²) in [5.41, 5.74) is 2.51. The molecule has 0 fully saturated rings. The van der Waals surface area contributed by atoms with Crippen molar-refractivity contribution in [2.75, 3.05) is 0 Å². The maximum Gasteiger partial charge on any atom is 0.142 e. The fraction of sp³-hybridized carbons (Fsp3) is 0.167. The molecule has 25 heavy (non-hydrogen) atoms. The van der Waals surface area contributed by atoms with Gasteiger partial charge in [0.05, 0.1) is 17.9 Å². The van der Waals surface area contributed by atoms with Crippen LogP contribution in [0.2, 0.25) is 0 Å². The van der Waals surface area contributed by atoms with Crippen LogP contribution >= 0.6 is 0 Å². The Balaban J connectivity index is 1.84. The number of aromatic nitrogens is 6. The second kappa shape index (κ2) is 6.01. The Morgan fingerprint density at radius 1 is 1.12 bits per heavy atom. The van der Waals surface area contributed by atoms with E-state index in [2.05, 4.69) is 22.1 Å². The van der Waals surface area contributed by atoms with Gasteiger partial charge >= 0.3 is 0 Å². The van der Waals surface area contributed by atoms with Crippen LogP contribution in [0.25, 0.3) is 17.1 Å². The lowest BCUT2D eigenvalue weighted by Crippen LogP contribution is -2.09. The van der Waals surface area contributed by atoms with E-state index in [-0.39, 0.29) is 11.9 Å². The summed E-state index contributed by atoms with van der Waals surface area (Å²) in [5, 5.41) is 8.50. The smallest absolute Gasteiger partial charge is 0.142 e. The molecular formula is C18H17FN6. The average molecular weight is 336 g/mol. The number of hydrogen-bond donors (Lipinski definition) is 0. The molecule has 0 spiro atoms. The van der Waals surface area contributed by atoms with Crippen LogP contribution in [0.5, 0.6) is 0 Å². The van der Waals surface area contributed by atoms with Crippen LogP contribution < -0.4 is 0 Å². The molecule has 6 nitrogen and oxygen atoms in total. The molecule has 0 bridgehead atoms. The molecule has 1 atom stereocenters. The summed E-state index contributed by atoms with van der Waals surface area (Å²) in [6.07, 6.45) is 10.9. The molecule has 0 N–H and O–H groups in total. The van der Waals surface area contributed by atoms with Gasteiger partial charge < -0.3 is 4.57 Å². The topological polar surface area (TPSA) is 53.5 Å². The lowest BCUT2D eigenvalue weighted by atomic mass is 10.1. The molecule has 3 aromatic heterocycles. The van der Waals surface area contributed by atoms with E-state index in [1.807, 2.05) is 42.5 Å². The first-order chi connectivity index (χ1) is 12.1. The zero-order valence-electron chi connectivity index (χ0n) is 13.9.